The van der Waals surface area contributed by atoms with Gasteiger partial charge in [0, 0.05) is 13.1 Å². The summed E-state index contributed by atoms with van der Waals surface area (Å²) in [5.41, 5.74) is 6.68. The third-order valence-corrected chi connectivity index (χ3v) is 5.40. The predicted octanol–water partition coefficient (Wildman–Crippen LogP) is 5.66. The molecule has 0 aromatic heterocycles. The average molecular weight is 348 g/mol. The SMILES string of the molecule is COc1ccc(-c2c(C(C)C)cc(N3CCCCC3)c(C#N)c2C)cc1. The second-order valence-corrected chi connectivity index (χ2v) is 7.40. The van der Waals surface area contributed by atoms with Gasteiger partial charge in [0.1, 0.15) is 11.8 Å². The van der Waals surface area contributed by atoms with Gasteiger partial charge in [0.25, 0.3) is 0 Å². The lowest BCUT2D eigenvalue weighted by Crippen LogP contribution is -2.30. The van der Waals surface area contributed by atoms with Crippen molar-refractivity contribution in [3.63, 3.8) is 0 Å². The van der Waals surface area contributed by atoms with Crippen LogP contribution in [0.5, 0.6) is 5.75 Å². The van der Waals surface area contributed by atoms with E-state index in [9.17, 15) is 5.26 Å². The molecule has 1 aliphatic rings. The second kappa shape index (κ2) is 7.83. The van der Waals surface area contributed by atoms with Gasteiger partial charge in [0.05, 0.1) is 18.4 Å². The van der Waals surface area contributed by atoms with Crippen LogP contribution in [0.25, 0.3) is 11.1 Å². The van der Waals surface area contributed by atoms with E-state index in [1.807, 2.05) is 12.1 Å². The van der Waals surface area contributed by atoms with Crippen LogP contribution in [0.2, 0.25) is 0 Å². The fourth-order valence-corrected chi connectivity index (χ4v) is 3.95. The van der Waals surface area contributed by atoms with E-state index in [-0.39, 0.29) is 0 Å². The smallest absolute Gasteiger partial charge is 0.118 e. The van der Waals surface area contributed by atoms with E-state index in [4.69, 9.17) is 4.74 Å². The van der Waals surface area contributed by atoms with Crippen LogP contribution < -0.4 is 9.64 Å². The number of nitriles is 1. The Morgan fingerprint density at radius 3 is 2.27 bits per heavy atom. The lowest BCUT2D eigenvalue weighted by Gasteiger charge is -2.32. The molecular formula is C23H28N2O. The number of hydrogen-bond acceptors (Lipinski definition) is 3. The highest BCUT2D eigenvalue weighted by Gasteiger charge is 2.22. The third-order valence-electron chi connectivity index (χ3n) is 5.40. The van der Waals surface area contributed by atoms with Gasteiger partial charge in [-0.25, -0.2) is 0 Å². The van der Waals surface area contributed by atoms with Gasteiger partial charge in [0.2, 0.25) is 0 Å². The van der Waals surface area contributed by atoms with Crippen molar-refractivity contribution in [2.24, 2.45) is 0 Å². The Hall–Kier alpha value is -2.47. The zero-order valence-corrected chi connectivity index (χ0v) is 16.3. The first-order chi connectivity index (χ1) is 12.6. The Morgan fingerprint density at radius 2 is 1.73 bits per heavy atom. The first-order valence-electron chi connectivity index (χ1n) is 9.53. The van der Waals surface area contributed by atoms with Crippen LogP contribution in [0.1, 0.15) is 55.7 Å². The van der Waals surface area contributed by atoms with Crippen molar-refractivity contribution >= 4 is 5.69 Å². The molecule has 3 rings (SSSR count). The highest BCUT2D eigenvalue weighted by Crippen LogP contribution is 2.39. The molecule has 26 heavy (non-hydrogen) atoms. The van der Waals surface area contributed by atoms with Gasteiger partial charge in [-0.05, 0) is 72.6 Å². The van der Waals surface area contributed by atoms with Gasteiger partial charge in [-0.1, -0.05) is 26.0 Å². The molecule has 0 N–H and O–H groups in total. The Labute approximate surface area is 157 Å². The van der Waals surface area contributed by atoms with E-state index in [0.29, 0.717) is 5.92 Å². The molecule has 0 amide bonds. The van der Waals surface area contributed by atoms with Crippen molar-refractivity contribution < 1.29 is 4.74 Å². The average Bonchev–Trinajstić information content (AvgIpc) is 2.68. The lowest BCUT2D eigenvalue weighted by molar-refractivity contribution is 0.415. The number of nitrogens with zero attached hydrogens (tertiary/aromatic N) is 2. The van der Waals surface area contributed by atoms with Gasteiger partial charge in [-0.2, -0.15) is 5.26 Å². The molecule has 0 spiro atoms. The van der Waals surface area contributed by atoms with Crippen LogP contribution in [-0.4, -0.2) is 20.2 Å². The molecule has 1 aliphatic heterocycles. The van der Waals surface area contributed by atoms with Crippen molar-refractivity contribution in [3.05, 3.63) is 47.0 Å². The predicted molar refractivity (Wildman–Crippen MR) is 108 cm³/mol. The Morgan fingerprint density at radius 1 is 1.08 bits per heavy atom. The molecule has 3 nitrogen and oxygen atoms in total. The standard InChI is InChI=1S/C23H28N2O/c1-16(2)20-14-22(25-12-6-5-7-13-25)21(15-24)17(3)23(20)18-8-10-19(26-4)11-9-18/h8-11,14,16H,5-7,12-13H2,1-4H3. The quantitative estimate of drug-likeness (QED) is 0.715. The largest absolute Gasteiger partial charge is 0.497 e. The number of benzene rings is 2. The molecule has 1 heterocycles. The van der Waals surface area contributed by atoms with E-state index >= 15 is 0 Å². The highest BCUT2D eigenvalue weighted by atomic mass is 16.5. The molecule has 1 fully saturated rings. The normalized spacial score (nSPS) is 14.4. The topological polar surface area (TPSA) is 36.3 Å². The molecule has 0 saturated carbocycles. The molecule has 2 aromatic carbocycles. The number of ether oxygens (including phenoxy) is 1. The zero-order chi connectivity index (χ0) is 18.7. The van der Waals surface area contributed by atoms with Crippen molar-refractivity contribution in [1.82, 2.24) is 0 Å². The van der Waals surface area contributed by atoms with E-state index in [1.54, 1.807) is 7.11 Å². The monoisotopic (exact) mass is 348 g/mol. The van der Waals surface area contributed by atoms with Crippen molar-refractivity contribution in [3.8, 4) is 22.9 Å². The molecule has 0 unspecified atom stereocenters. The van der Waals surface area contributed by atoms with Gasteiger partial charge in [-0.3, -0.25) is 0 Å². The molecule has 3 heteroatoms. The molecule has 0 radical (unpaired) electrons. The van der Waals surface area contributed by atoms with Gasteiger partial charge in [-0.15, -0.1) is 0 Å². The highest BCUT2D eigenvalue weighted by molar-refractivity contribution is 5.80. The second-order valence-electron chi connectivity index (χ2n) is 7.40. The van der Waals surface area contributed by atoms with Gasteiger partial charge < -0.3 is 9.64 Å². The minimum absolute atomic E-state index is 0.391. The van der Waals surface area contributed by atoms with Crippen LogP contribution in [0.4, 0.5) is 5.69 Å². The minimum Gasteiger partial charge on any atom is -0.497 e. The first-order valence-corrected chi connectivity index (χ1v) is 9.53. The summed E-state index contributed by atoms with van der Waals surface area (Å²) in [6, 6.07) is 12.9. The zero-order valence-electron chi connectivity index (χ0n) is 16.3. The maximum absolute atomic E-state index is 9.92. The van der Waals surface area contributed by atoms with E-state index in [1.165, 1.54) is 30.4 Å². The van der Waals surface area contributed by atoms with Gasteiger partial charge >= 0.3 is 0 Å². The number of methoxy groups -OCH3 is 1. The Balaban J connectivity index is 2.18. The number of rotatable bonds is 4. The van der Waals surface area contributed by atoms with E-state index < -0.39 is 0 Å². The Bertz CT molecular complexity index is 810. The summed E-state index contributed by atoms with van der Waals surface area (Å²) >= 11 is 0. The van der Waals surface area contributed by atoms with Crippen LogP contribution in [0.3, 0.4) is 0 Å². The fraction of sp³-hybridized carbons (Fsp3) is 0.435. The van der Waals surface area contributed by atoms with Crippen molar-refractivity contribution in [1.29, 1.82) is 5.26 Å². The van der Waals surface area contributed by atoms with E-state index in [0.717, 1.165) is 41.2 Å². The number of piperidine rings is 1. The molecule has 136 valence electrons. The molecule has 1 saturated heterocycles. The summed E-state index contributed by atoms with van der Waals surface area (Å²) in [4.78, 5) is 2.40. The van der Waals surface area contributed by atoms with Gasteiger partial charge in [0.15, 0.2) is 0 Å². The maximum atomic E-state index is 9.92. The van der Waals surface area contributed by atoms with Crippen LogP contribution in [0, 0.1) is 18.3 Å². The molecular weight excluding hydrogens is 320 g/mol. The van der Waals surface area contributed by atoms with Crippen molar-refractivity contribution in [2.75, 3.05) is 25.1 Å². The van der Waals surface area contributed by atoms with Crippen LogP contribution in [0.15, 0.2) is 30.3 Å². The summed E-state index contributed by atoms with van der Waals surface area (Å²) in [6.07, 6.45) is 3.71. The van der Waals surface area contributed by atoms with Crippen LogP contribution >= 0.6 is 0 Å². The summed E-state index contributed by atoms with van der Waals surface area (Å²) in [6.45, 7) is 8.65. The summed E-state index contributed by atoms with van der Waals surface area (Å²) in [7, 11) is 1.68. The Kier molecular flexibility index (Phi) is 5.52. The first kappa shape index (κ1) is 18.3. The number of hydrogen-bond donors (Lipinski definition) is 0. The third kappa shape index (κ3) is 3.42. The van der Waals surface area contributed by atoms with Crippen LogP contribution in [-0.2, 0) is 0 Å². The molecule has 0 atom stereocenters. The van der Waals surface area contributed by atoms with Crippen molar-refractivity contribution in [2.45, 2.75) is 46.0 Å². The summed E-state index contributed by atoms with van der Waals surface area (Å²) in [5, 5.41) is 9.92. The molecule has 0 bridgehead atoms. The number of anilines is 1. The van der Waals surface area contributed by atoms with E-state index in [2.05, 4.69) is 49.9 Å². The maximum Gasteiger partial charge on any atom is 0.118 e. The minimum atomic E-state index is 0.391. The molecule has 0 aliphatic carbocycles. The summed E-state index contributed by atoms with van der Waals surface area (Å²) in [5.74, 6) is 1.24. The summed E-state index contributed by atoms with van der Waals surface area (Å²) < 4.78 is 5.30. The lowest BCUT2D eigenvalue weighted by atomic mass is 9.85. The molecule has 2 aromatic rings. The fourth-order valence-electron chi connectivity index (χ4n) is 3.95.